The maximum Gasteiger partial charge on any atom is 0.408 e. The summed E-state index contributed by atoms with van der Waals surface area (Å²) in [5, 5.41) is 3.08. The number of carbonyl (C=O) groups excluding carboxylic acids is 1. The first-order valence-electron chi connectivity index (χ1n) is 7.39. The highest BCUT2D eigenvalue weighted by atomic mass is 32.1. The van der Waals surface area contributed by atoms with Crippen LogP contribution < -0.4 is 5.32 Å². The molecule has 1 unspecified atom stereocenters. The van der Waals surface area contributed by atoms with Gasteiger partial charge in [-0.2, -0.15) is 0 Å². The SMILES string of the molecule is CCOC(=S)C(NC(=O)OCc1ccccc1)c1ccccc1. The van der Waals surface area contributed by atoms with Gasteiger partial charge in [0.1, 0.15) is 12.6 Å². The Kier molecular flexibility index (Phi) is 6.56. The van der Waals surface area contributed by atoms with Crippen molar-refractivity contribution in [3.63, 3.8) is 0 Å². The van der Waals surface area contributed by atoms with Gasteiger partial charge in [-0.15, -0.1) is 0 Å². The van der Waals surface area contributed by atoms with Crippen LogP contribution in [0.2, 0.25) is 0 Å². The minimum Gasteiger partial charge on any atom is -0.485 e. The second-order valence-electron chi connectivity index (χ2n) is 4.80. The molecule has 0 saturated carbocycles. The molecule has 2 aromatic carbocycles. The molecule has 0 spiro atoms. The van der Waals surface area contributed by atoms with Crippen LogP contribution >= 0.6 is 12.2 Å². The van der Waals surface area contributed by atoms with E-state index in [0.29, 0.717) is 11.7 Å². The molecule has 0 fully saturated rings. The maximum atomic E-state index is 12.1. The normalized spacial score (nSPS) is 11.3. The topological polar surface area (TPSA) is 47.6 Å². The van der Waals surface area contributed by atoms with E-state index in [4.69, 9.17) is 21.7 Å². The Morgan fingerprint density at radius 2 is 1.65 bits per heavy atom. The fourth-order valence-corrected chi connectivity index (χ4v) is 2.34. The minimum absolute atomic E-state index is 0.204. The third kappa shape index (κ3) is 5.38. The summed E-state index contributed by atoms with van der Waals surface area (Å²) < 4.78 is 10.6. The van der Waals surface area contributed by atoms with Gasteiger partial charge in [0.2, 0.25) is 0 Å². The molecule has 2 rings (SSSR count). The van der Waals surface area contributed by atoms with Gasteiger partial charge in [-0.05, 0) is 30.3 Å². The number of benzene rings is 2. The Morgan fingerprint density at radius 3 is 2.26 bits per heavy atom. The number of carbonyl (C=O) groups is 1. The fourth-order valence-electron chi connectivity index (χ4n) is 2.03. The summed E-state index contributed by atoms with van der Waals surface area (Å²) >= 11 is 5.26. The number of hydrogen-bond donors (Lipinski definition) is 1. The average molecular weight is 329 g/mol. The summed E-state index contributed by atoms with van der Waals surface area (Å²) in [6.07, 6.45) is -0.537. The minimum atomic E-state index is -0.537. The Hall–Kier alpha value is -2.40. The molecule has 1 N–H and O–H groups in total. The standard InChI is InChI=1S/C18H19NO3S/c1-2-21-17(23)16(15-11-7-4-8-12-15)19-18(20)22-13-14-9-5-3-6-10-14/h3-12,16H,2,13H2,1H3,(H,19,20). The van der Waals surface area contributed by atoms with Crippen LogP contribution in [-0.4, -0.2) is 17.8 Å². The zero-order chi connectivity index (χ0) is 16.5. The molecule has 120 valence electrons. The Labute approximate surface area is 141 Å². The number of nitrogens with one attached hydrogen (secondary N) is 1. The number of alkyl carbamates (subject to hydrolysis) is 1. The molecule has 2 aromatic rings. The molecule has 5 heteroatoms. The van der Waals surface area contributed by atoms with Crippen molar-refractivity contribution in [3.05, 3.63) is 71.8 Å². The van der Waals surface area contributed by atoms with E-state index in [2.05, 4.69) is 5.32 Å². The molecule has 0 aliphatic rings. The molecule has 4 nitrogen and oxygen atoms in total. The molecule has 0 aliphatic carbocycles. The molecule has 0 radical (unpaired) electrons. The van der Waals surface area contributed by atoms with Crippen molar-refractivity contribution in [2.75, 3.05) is 6.61 Å². The van der Waals surface area contributed by atoms with Crippen molar-refractivity contribution in [1.82, 2.24) is 5.32 Å². The lowest BCUT2D eigenvalue weighted by Crippen LogP contribution is -2.34. The highest BCUT2D eigenvalue weighted by Gasteiger charge is 2.21. The molecule has 0 saturated heterocycles. The lowest BCUT2D eigenvalue weighted by Gasteiger charge is -2.19. The predicted molar refractivity (Wildman–Crippen MR) is 93.2 cm³/mol. The quantitative estimate of drug-likeness (QED) is 0.813. The zero-order valence-corrected chi connectivity index (χ0v) is 13.7. The van der Waals surface area contributed by atoms with Gasteiger partial charge in [-0.25, -0.2) is 4.79 Å². The van der Waals surface area contributed by atoms with Gasteiger partial charge in [0.25, 0.3) is 0 Å². The zero-order valence-electron chi connectivity index (χ0n) is 12.9. The second kappa shape index (κ2) is 8.90. The summed E-state index contributed by atoms with van der Waals surface area (Å²) in [6, 6.07) is 18.4. The highest BCUT2D eigenvalue weighted by Crippen LogP contribution is 2.16. The molecule has 0 bridgehead atoms. The van der Waals surface area contributed by atoms with Crippen molar-refractivity contribution < 1.29 is 14.3 Å². The second-order valence-corrected chi connectivity index (χ2v) is 5.20. The largest absolute Gasteiger partial charge is 0.485 e. The van der Waals surface area contributed by atoms with Crippen molar-refractivity contribution >= 4 is 23.4 Å². The van der Waals surface area contributed by atoms with Gasteiger partial charge in [0, 0.05) is 0 Å². The van der Waals surface area contributed by atoms with Crippen LogP contribution in [0.15, 0.2) is 60.7 Å². The summed E-state index contributed by atoms with van der Waals surface area (Å²) in [7, 11) is 0. The van der Waals surface area contributed by atoms with Crippen LogP contribution in [-0.2, 0) is 16.1 Å². The van der Waals surface area contributed by atoms with Crippen molar-refractivity contribution in [3.8, 4) is 0 Å². The summed E-state index contributed by atoms with van der Waals surface area (Å²) in [5.41, 5.74) is 1.77. The number of ether oxygens (including phenoxy) is 2. The van der Waals surface area contributed by atoms with Crippen LogP contribution in [0.4, 0.5) is 4.79 Å². The van der Waals surface area contributed by atoms with Crippen molar-refractivity contribution in [2.45, 2.75) is 19.6 Å². The van der Waals surface area contributed by atoms with Crippen LogP contribution in [0.3, 0.4) is 0 Å². The number of rotatable bonds is 6. The smallest absolute Gasteiger partial charge is 0.408 e. The monoisotopic (exact) mass is 329 g/mol. The van der Waals surface area contributed by atoms with Crippen LogP contribution in [0.25, 0.3) is 0 Å². The van der Waals surface area contributed by atoms with E-state index in [1.54, 1.807) is 0 Å². The third-order valence-electron chi connectivity index (χ3n) is 3.13. The van der Waals surface area contributed by atoms with Crippen LogP contribution in [0, 0.1) is 0 Å². The van der Waals surface area contributed by atoms with E-state index in [1.807, 2.05) is 67.6 Å². The molecule has 0 aromatic heterocycles. The lowest BCUT2D eigenvalue weighted by molar-refractivity contribution is 0.137. The van der Waals surface area contributed by atoms with Crippen LogP contribution in [0.1, 0.15) is 24.1 Å². The first-order chi connectivity index (χ1) is 11.2. The fraction of sp³-hybridized carbons (Fsp3) is 0.222. The molecular formula is C18H19NO3S. The van der Waals surface area contributed by atoms with E-state index in [1.165, 1.54) is 0 Å². The van der Waals surface area contributed by atoms with Gasteiger partial charge < -0.3 is 14.8 Å². The molecule has 1 amide bonds. The van der Waals surface area contributed by atoms with Crippen molar-refractivity contribution in [1.29, 1.82) is 0 Å². The highest BCUT2D eigenvalue weighted by molar-refractivity contribution is 7.80. The molecule has 0 aliphatic heterocycles. The number of hydrogen-bond acceptors (Lipinski definition) is 4. The summed E-state index contributed by atoms with van der Waals surface area (Å²) in [6.45, 7) is 2.50. The van der Waals surface area contributed by atoms with E-state index < -0.39 is 12.1 Å². The molecule has 23 heavy (non-hydrogen) atoms. The van der Waals surface area contributed by atoms with Gasteiger partial charge >= 0.3 is 6.09 Å². The van der Waals surface area contributed by atoms with Gasteiger partial charge in [-0.3, -0.25) is 0 Å². The van der Waals surface area contributed by atoms with Gasteiger partial charge in [0.15, 0.2) is 5.05 Å². The van der Waals surface area contributed by atoms with E-state index in [9.17, 15) is 4.79 Å². The van der Waals surface area contributed by atoms with E-state index in [-0.39, 0.29) is 6.61 Å². The number of amides is 1. The maximum absolute atomic E-state index is 12.1. The predicted octanol–water partition coefficient (Wildman–Crippen LogP) is 4.02. The summed E-state index contributed by atoms with van der Waals surface area (Å²) in [4.78, 5) is 12.1. The number of thiocarbonyl (C=S) groups is 1. The Balaban J connectivity index is 1.99. The lowest BCUT2D eigenvalue weighted by atomic mass is 10.1. The molecule has 0 heterocycles. The van der Waals surface area contributed by atoms with E-state index in [0.717, 1.165) is 11.1 Å². The van der Waals surface area contributed by atoms with Crippen LogP contribution in [0.5, 0.6) is 0 Å². The van der Waals surface area contributed by atoms with E-state index >= 15 is 0 Å². The van der Waals surface area contributed by atoms with Gasteiger partial charge in [0.05, 0.1) is 6.61 Å². The molecular weight excluding hydrogens is 310 g/mol. The third-order valence-corrected chi connectivity index (χ3v) is 3.48. The summed E-state index contributed by atoms with van der Waals surface area (Å²) in [5.74, 6) is 0. The Morgan fingerprint density at radius 1 is 1.04 bits per heavy atom. The van der Waals surface area contributed by atoms with Gasteiger partial charge in [-0.1, -0.05) is 60.7 Å². The first kappa shape index (κ1) is 17.0. The Bertz CT molecular complexity index is 631. The van der Waals surface area contributed by atoms with Crippen molar-refractivity contribution in [2.24, 2.45) is 0 Å². The molecule has 1 atom stereocenters. The first-order valence-corrected chi connectivity index (χ1v) is 7.80. The average Bonchev–Trinajstić information content (AvgIpc) is 2.59.